The van der Waals surface area contributed by atoms with Crippen molar-refractivity contribution in [1.82, 2.24) is 14.9 Å². The summed E-state index contributed by atoms with van der Waals surface area (Å²) in [6.45, 7) is 0.525. The molecule has 2 heterocycles. The fourth-order valence-electron chi connectivity index (χ4n) is 4.14. The molecule has 0 unspecified atom stereocenters. The second-order valence-electron chi connectivity index (χ2n) is 8.21. The van der Waals surface area contributed by atoms with Crippen molar-refractivity contribution >= 4 is 28.5 Å². The Balaban J connectivity index is 1.37. The van der Waals surface area contributed by atoms with Crippen molar-refractivity contribution in [1.29, 1.82) is 0 Å². The first kappa shape index (κ1) is 23.1. The van der Waals surface area contributed by atoms with Crippen LogP contribution in [0.2, 0.25) is 0 Å². The second-order valence-corrected chi connectivity index (χ2v) is 8.21. The minimum Gasteiger partial charge on any atom is -0.493 e. The molecule has 4 aromatic rings. The van der Waals surface area contributed by atoms with E-state index >= 15 is 0 Å². The summed E-state index contributed by atoms with van der Waals surface area (Å²) in [6, 6.07) is 18.2. The molecule has 36 heavy (non-hydrogen) atoms. The van der Waals surface area contributed by atoms with Crippen molar-refractivity contribution in [3.8, 4) is 17.2 Å². The van der Waals surface area contributed by atoms with Gasteiger partial charge in [-0.15, -0.1) is 0 Å². The third-order valence-corrected chi connectivity index (χ3v) is 5.91. The molecule has 0 saturated heterocycles. The van der Waals surface area contributed by atoms with Gasteiger partial charge in [-0.1, -0.05) is 24.3 Å². The van der Waals surface area contributed by atoms with E-state index in [-0.39, 0.29) is 24.1 Å². The van der Waals surface area contributed by atoms with Crippen molar-refractivity contribution in [2.45, 2.75) is 13.1 Å². The molecule has 0 saturated carbocycles. The van der Waals surface area contributed by atoms with Crippen LogP contribution in [0.3, 0.4) is 0 Å². The Bertz CT molecular complexity index is 1460. The fourth-order valence-corrected chi connectivity index (χ4v) is 4.14. The average molecular weight is 485 g/mol. The maximum atomic E-state index is 12.8. The van der Waals surface area contributed by atoms with Crippen LogP contribution in [0.4, 0.5) is 5.69 Å². The largest absolute Gasteiger partial charge is 0.493 e. The number of ether oxygens (including phenoxy) is 3. The van der Waals surface area contributed by atoms with Crippen LogP contribution in [-0.4, -0.2) is 47.5 Å². The van der Waals surface area contributed by atoms with Crippen LogP contribution >= 0.6 is 0 Å². The van der Waals surface area contributed by atoms with Crippen LogP contribution < -0.4 is 19.5 Å². The van der Waals surface area contributed by atoms with Crippen LogP contribution in [0, 0.1) is 0 Å². The van der Waals surface area contributed by atoms with E-state index in [9.17, 15) is 9.59 Å². The highest BCUT2D eigenvalue weighted by Gasteiger charge is 2.24. The topological polar surface area (TPSA) is 103 Å². The summed E-state index contributed by atoms with van der Waals surface area (Å²) in [5.41, 5.74) is 3.71. The molecule has 1 aliphatic heterocycles. The van der Waals surface area contributed by atoms with Crippen LogP contribution in [0.1, 0.15) is 21.6 Å². The lowest BCUT2D eigenvalue weighted by Gasteiger charge is -2.22. The maximum absolute atomic E-state index is 12.8. The number of aromatic nitrogens is 2. The van der Waals surface area contributed by atoms with E-state index in [2.05, 4.69) is 15.3 Å². The Labute approximate surface area is 207 Å². The normalized spacial score (nSPS) is 12.9. The molecule has 0 atom stereocenters. The van der Waals surface area contributed by atoms with Crippen LogP contribution in [0.15, 0.2) is 66.9 Å². The molecule has 2 amide bonds. The number of para-hydroxylation sites is 3. The lowest BCUT2D eigenvalue weighted by Crippen LogP contribution is -2.32. The van der Waals surface area contributed by atoms with E-state index in [0.717, 1.165) is 11.1 Å². The van der Waals surface area contributed by atoms with E-state index in [1.54, 1.807) is 43.4 Å². The highest BCUT2D eigenvalue weighted by Crippen LogP contribution is 2.33. The second kappa shape index (κ2) is 9.91. The zero-order valence-corrected chi connectivity index (χ0v) is 19.9. The molecule has 9 nitrogen and oxygen atoms in total. The summed E-state index contributed by atoms with van der Waals surface area (Å²) in [4.78, 5) is 36.1. The number of nitrogens with one attached hydrogen (secondary N) is 1. The molecule has 182 valence electrons. The molecule has 3 aromatic carbocycles. The number of benzene rings is 3. The number of fused-ring (bicyclic) bond motifs is 2. The number of nitrogens with zero attached hydrogens (tertiary/aromatic N) is 3. The van der Waals surface area contributed by atoms with Gasteiger partial charge >= 0.3 is 0 Å². The minimum atomic E-state index is -0.378. The van der Waals surface area contributed by atoms with Crippen molar-refractivity contribution in [2.24, 2.45) is 0 Å². The van der Waals surface area contributed by atoms with Gasteiger partial charge in [0, 0.05) is 29.9 Å². The van der Waals surface area contributed by atoms with Gasteiger partial charge in [-0.05, 0) is 36.4 Å². The molecular weight excluding hydrogens is 460 g/mol. The van der Waals surface area contributed by atoms with Gasteiger partial charge in [0.05, 0.1) is 31.4 Å². The summed E-state index contributed by atoms with van der Waals surface area (Å²) in [5.74, 6) is 1.23. The predicted molar refractivity (Wildman–Crippen MR) is 133 cm³/mol. The lowest BCUT2D eigenvalue weighted by molar-refractivity contribution is -0.133. The Morgan fingerprint density at radius 1 is 1.06 bits per heavy atom. The molecule has 1 aliphatic rings. The Morgan fingerprint density at radius 2 is 1.89 bits per heavy atom. The number of hydrogen-bond acceptors (Lipinski definition) is 7. The maximum Gasteiger partial charge on any atom is 0.275 e. The number of methoxy groups -OCH3 is 2. The predicted octanol–water partition coefficient (Wildman–Crippen LogP) is 3.82. The highest BCUT2D eigenvalue weighted by molar-refractivity contribution is 6.03. The van der Waals surface area contributed by atoms with Crippen LogP contribution in [0.5, 0.6) is 17.2 Å². The van der Waals surface area contributed by atoms with Crippen LogP contribution in [0.25, 0.3) is 11.0 Å². The Morgan fingerprint density at radius 3 is 2.69 bits per heavy atom. The lowest BCUT2D eigenvalue weighted by atomic mass is 10.1. The molecule has 0 fully saturated rings. The molecule has 5 rings (SSSR count). The van der Waals surface area contributed by atoms with Crippen molar-refractivity contribution in [2.75, 3.05) is 26.1 Å². The van der Waals surface area contributed by atoms with Gasteiger partial charge in [0.15, 0.2) is 18.1 Å². The molecule has 1 aromatic heterocycles. The number of anilines is 1. The first-order valence-corrected chi connectivity index (χ1v) is 11.3. The zero-order chi connectivity index (χ0) is 25.1. The summed E-state index contributed by atoms with van der Waals surface area (Å²) < 4.78 is 16.6. The van der Waals surface area contributed by atoms with Gasteiger partial charge in [-0.25, -0.2) is 4.98 Å². The summed E-state index contributed by atoms with van der Waals surface area (Å²) in [7, 11) is 3.14. The molecule has 1 N–H and O–H groups in total. The molecule has 0 aliphatic carbocycles. The monoisotopic (exact) mass is 484 g/mol. The quantitative estimate of drug-likeness (QED) is 0.444. The fraction of sp³-hybridized carbons (Fsp3) is 0.185. The number of carbonyl (C=O) groups excluding carboxylic acids is 2. The molecule has 0 spiro atoms. The van der Waals surface area contributed by atoms with E-state index in [0.29, 0.717) is 47.1 Å². The van der Waals surface area contributed by atoms with Gasteiger partial charge in [-0.2, -0.15) is 0 Å². The minimum absolute atomic E-state index is 0.0856. The summed E-state index contributed by atoms with van der Waals surface area (Å²) >= 11 is 0. The number of carbonyl (C=O) groups is 2. The molecule has 9 heteroatoms. The van der Waals surface area contributed by atoms with E-state index in [1.165, 1.54) is 6.20 Å². The zero-order valence-electron chi connectivity index (χ0n) is 19.9. The molecule has 0 bridgehead atoms. The Hall–Kier alpha value is -4.66. The third kappa shape index (κ3) is 4.63. The Kier molecular flexibility index (Phi) is 6.36. The van der Waals surface area contributed by atoms with Crippen molar-refractivity contribution in [3.05, 3.63) is 83.7 Å². The van der Waals surface area contributed by atoms with Gasteiger partial charge in [0.25, 0.3) is 11.8 Å². The first-order valence-electron chi connectivity index (χ1n) is 11.3. The molecular formula is C27H24N4O5. The van der Waals surface area contributed by atoms with Gasteiger partial charge in [-0.3, -0.25) is 14.6 Å². The van der Waals surface area contributed by atoms with Crippen molar-refractivity contribution < 1.29 is 23.8 Å². The highest BCUT2D eigenvalue weighted by atomic mass is 16.5. The van der Waals surface area contributed by atoms with Crippen LogP contribution in [-0.2, 0) is 17.9 Å². The van der Waals surface area contributed by atoms with Gasteiger partial charge in [0.1, 0.15) is 11.4 Å². The van der Waals surface area contributed by atoms with Crippen molar-refractivity contribution in [3.63, 3.8) is 0 Å². The first-order chi connectivity index (χ1) is 17.6. The smallest absolute Gasteiger partial charge is 0.275 e. The molecule has 0 radical (unpaired) electrons. The SMILES string of the molecule is COc1cccc(CN2Cc3cc(NC(=O)c4cnc5ccccc5n4)ccc3OCC2=O)c1OC. The van der Waals surface area contributed by atoms with E-state index < -0.39 is 0 Å². The summed E-state index contributed by atoms with van der Waals surface area (Å²) in [5, 5.41) is 2.87. The third-order valence-electron chi connectivity index (χ3n) is 5.91. The van der Waals surface area contributed by atoms with E-state index in [1.807, 2.05) is 36.4 Å². The summed E-state index contributed by atoms with van der Waals surface area (Å²) in [6.07, 6.45) is 1.45. The van der Waals surface area contributed by atoms with Gasteiger partial charge < -0.3 is 24.4 Å². The number of amides is 2. The van der Waals surface area contributed by atoms with Gasteiger partial charge in [0.2, 0.25) is 0 Å². The average Bonchev–Trinajstić information content (AvgIpc) is 3.06. The van der Waals surface area contributed by atoms with E-state index in [4.69, 9.17) is 14.2 Å². The standard InChI is InChI=1S/C27H24N4O5/c1-34-24-9-5-6-17(26(24)35-2)14-31-15-18-12-19(10-11-23(18)36-16-25(31)32)29-27(33)22-13-28-20-7-3-4-8-21(20)30-22/h3-13H,14-16H2,1-2H3,(H,29,33). The number of hydrogen-bond donors (Lipinski definition) is 1. The number of rotatable bonds is 6.